The summed E-state index contributed by atoms with van der Waals surface area (Å²) in [5, 5.41) is -0.472. The zero-order chi connectivity index (χ0) is 14.0. The summed E-state index contributed by atoms with van der Waals surface area (Å²) in [5.74, 6) is 0.250. The Morgan fingerprint density at radius 1 is 1.21 bits per heavy atom. The van der Waals surface area contributed by atoms with Crippen LogP contribution in [0.3, 0.4) is 0 Å². The van der Waals surface area contributed by atoms with Gasteiger partial charge in [0.25, 0.3) is 0 Å². The molecule has 2 aromatic rings. The molecule has 0 aliphatic carbocycles. The first-order valence-corrected chi connectivity index (χ1v) is 7.00. The van der Waals surface area contributed by atoms with E-state index in [0.29, 0.717) is 11.3 Å². The number of aryl methyl sites for hydroxylation is 1. The number of alkyl halides is 1. The molecule has 1 atom stereocenters. The van der Waals surface area contributed by atoms with Crippen LogP contribution in [0.1, 0.15) is 22.1 Å². The third-order valence-corrected chi connectivity index (χ3v) is 4.51. The molecule has 0 bridgehead atoms. The minimum absolute atomic E-state index is 0.328. The normalized spacial score (nSPS) is 12.3. The Morgan fingerprint density at radius 2 is 1.95 bits per heavy atom. The Morgan fingerprint density at radius 3 is 2.63 bits per heavy atom. The van der Waals surface area contributed by atoms with E-state index in [0.717, 1.165) is 15.6 Å². The molecule has 0 fully saturated rings. The molecule has 100 valence electrons. The third-order valence-electron chi connectivity index (χ3n) is 2.96. The Labute approximate surface area is 125 Å². The maximum Gasteiger partial charge on any atom is 0.124 e. The molecule has 0 saturated carbocycles. The van der Waals surface area contributed by atoms with Crippen molar-refractivity contribution in [3.63, 3.8) is 0 Å². The third kappa shape index (κ3) is 2.93. The van der Waals surface area contributed by atoms with Crippen LogP contribution in [0.25, 0.3) is 0 Å². The van der Waals surface area contributed by atoms with Crippen molar-refractivity contribution in [2.75, 3.05) is 7.11 Å². The molecule has 0 N–H and O–H groups in total. The summed E-state index contributed by atoms with van der Waals surface area (Å²) in [6.45, 7) is 1.99. The number of halogens is 3. The van der Waals surface area contributed by atoms with Crippen molar-refractivity contribution >= 4 is 27.5 Å². The molecular weight excluding hydrogens is 331 g/mol. The predicted octanol–water partition coefficient (Wildman–Crippen LogP) is 5.23. The molecule has 2 rings (SSSR count). The molecule has 1 nitrogen and oxygen atoms in total. The standard InChI is InChI=1S/C15H13BrClFO/c1-9-4-3-5-11(14(9)16)15(17)12-8-10(18)6-7-13(12)19-2/h3-8,15H,1-2H3. The van der Waals surface area contributed by atoms with E-state index in [1.54, 1.807) is 13.2 Å². The largest absolute Gasteiger partial charge is 0.496 e. The van der Waals surface area contributed by atoms with Gasteiger partial charge in [-0.05, 0) is 36.2 Å². The minimum Gasteiger partial charge on any atom is -0.496 e. The number of rotatable bonds is 3. The van der Waals surface area contributed by atoms with E-state index < -0.39 is 5.38 Å². The second-order valence-electron chi connectivity index (χ2n) is 4.23. The maximum atomic E-state index is 13.4. The second-order valence-corrected chi connectivity index (χ2v) is 5.46. The zero-order valence-corrected chi connectivity index (χ0v) is 12.9. The highest BCUT2D eigenvalue weighted by Crippen LogP contribution is 2.39. The summed E-state index contributed by atoms with van der Waals surface area (Å²) in [6, 6.07) is 10.2. The van der Waals surface area contributed by atoms with Gasteiger partial charge in [0.2, 0.25) is 0 Å². The van der Waals surface area contributed by atoms with Gasteiger partial charge in [0.05, 0.1) is 12.5 Å². The van der Waals surface area contributed by atoms with Gasteiger partial charge in [-0.25, -0.2) is 4.39 Å². The van der Waals surface area contributed by atoms with Crippen molar-refractivity contribution in [1.29, 1.82) is 0 Å². The molecule has 0 radical (unpaired) electrons. The molecule has 2 aromatic carbocycles. The predicted molar refractivity (Wildman–Crippen MR) is 79.5 cm³/mol. The average molecular weight is 344 g/mol. The molecule has 0 aliphatic heterocycles. The lowest BCUT2D eigenvalue weighted by Crippen LogP contribution is -2.00. The number of hydrogen-bond donors (Lipinski definition) is 0. The van der Waals surface area contributed by atoms with Crippen molar-refractivity contribution in [3.8, 4) is 5.75 Å². The summed E-state index contributed by atoms with van der Waals surface area (Å²) in [6.07, 6.45) is 0. The first-order valence-electron chi connectivity index (χ1n) is 5.77. The first kappa shape index (κ1) is 14.4. The van der Waals surface area contributed by atoms with Gasteiger partial charge < -0.3 is 4.74 Å². The van der Waals surface area contributed by atoms with Gasteiger partial charge in [0, 0.05) is 10.0 Å². The number of hydrogen-bond acceptors (Lipinski definition) is 1. The lowest BCUT2D eigenvalue weighted by molar-refractivity contribution is 0.409. The highest BCUT2D eigenvalue weighted by Gasteiger charge is 2.19. The average Bonchev–Trinajstić information content (AvgIpc) is 2.41. The van der Waals surface area contributed by atoms with Gasteiger partial charge in [-0.3, -0.25) is 0 Å². The lowest BCUT2D eigenvalue weighted by atomic mass is 10.0. The van der Waals surface area contributed by atoms with Crippen LogP contribution in [0.5, 0.6) is 5.75 Å². The van der Waals surface area contributed by atoms with E-state index >= 15 is 0 Å². The van der Waals surface area contributed by atoms with Crippen LogP contribution >= 0.6 is 27.5 Å². The van der Waals surface area contributed by atoms with Crippen LogP contribution in [0.4, 0.5) is 4.39 Å². The number of benzene rings is 2. The fourth-order valence-electron chi connectivity index (χ4n) is 1.94. The van der Waals surface area contributed by atoms with Crippen molar-refractivity contribution in [3.05, 3.63) is 63.4 Å². The van der Waals surface area contributed by atoms with E-state index in [2.05, 4.69) is 15.9 Å². The van der Waals surface area contributed by atoms with E-state index in [9.17, 15) is 4.39 Å². The molecule has 0 heterocycles. The van der Waals surface area contributed by atoms with Crippen LogP contribution < -0.4 is 4.74 Å². The Bertz CT molecular complexity index is 601. The molecular formula is C15H13BrClFO. The van der Waals surface area contributed by atoms with Gasteiger partial charge >= 0.3 is 0 Å². The Hall–Kier alpha value is -1.06. The molecule has 19 heavy (non-hydrogen) atoms. The molecule has 0 spiro atoms. The monoisotopic (exact) mass is 342 g/mol. The first-order chi connectivity index (χ1) is 9.04. The van der Waals surface area contributed by atoms with Gasteiger partial charge in [-0.2, -0.15) is 0 Å². The smallest absolute Gasteiger partial charge is 0.124 e. The van der Waals surface area contributed by atoms with E-state index in [4.69, 9.17) is 16.3 Å². The molecule has 4 heteroatoms. The minimum atomic E-state index is -0.472. The maximum absolute atomic E-state index is 13.4. The molecule has 0 aliphatic rings. The van der Waals surface area contributed by atoms with E-state index in [-0.39, 0.29) is 5.82 Å². The van der Waals surface area contributed by atoms with E-state index in [1.807, 2.05) is 25.1 Å². The fraction of sp³-hybridized carbons (Fsp3) is 0.200. The quantitative estimate of drug-likeness (QED) is 0.693. The number of methoxy groups -OCH3 is 1. The highest BCUT2D eigenvalue weighted by molar-refractivity contribution is 9.10. The second kappa shape index (κ2) is 5.93. The van der Waals surface area contributed by atoms with Crippen molar-refractivity contribution in [1.82, 2.24) is 0 Å². The van der Waals surface area contributed by atoms with Crippen molar-refractivity contribution in [2.24, 2.45) is 0 Å². The van der Waals surface area contributed by atoms with Gasteiger partial charge in [0.1, 0.15) is 11.6 Å². The summed E-state index contributed by atoms with van der Waals surface area (Å²) in [4.78, 5) is 0. The summed E-state index contributed by atoms with van der Waals surface area (Å²) >= 11 is 10.0. The SMILES string of the molecule is COc1ccc(F)cc1C(Cl)c1cccc(C)c1Br. The van der Waals surface area contributed by atoms with Gasteiger partial charge in [-0.1, -0.05) is 34.1 Å². The molecule has 0 aromatic heterocycles. The summed E-state index contributed by atoms with van der Waals surface area (Å²) < 4.78 is 19.6. The van der Waals surface area contributed by atoms with Crippen molar-refractivity contribution < 1.29 is 9.13 Å². The number of ether oxygens (including phenoxy) is 1. The van der Waals surface area contributed by atoms with Crippen LogP contribution in [-0.2, 0) is 0 Å². The lowest BCUT2D eigenvalue weighted by Gasteiger charge is -2.16. The van der Waals surface area contributed by atoms with Crippen LogP contribution in [0.2, 0.25) is 0 Å². The Balaban J connectivity index is 2.52. The van der Waals surface area contributed by atoms with Crippen LogP contribution in [0, 0.1) is 12.7 Å². The topological polar surface area (TPSA) is 9.23 Å². The summed E-state index contributed by atoms with van der Waals surface area (Å²) in [5.41, 5.74) is 2.60. The Kier molecular flexibility index (Phi) is 4.48. The molecule has 0 amide bonds. The zero-order valence-electron chi connectivity index (χ0n) is 10.6. The van der Waals surface area contributed by atoms with Crippen LogP contribution in [-0.4, -0.2) is 7.11 Å². The highest BCUT2D eigenvalue weighted by atomic mass is 79.9. The van der Waals surface area contributed by atoms with Crippen molar-refractivity contribution in [2.45, 2.75) is 12.3 Å². The molecule has 0 saturated heterocycles. The fourth-order valence-corrected chi connectivity index (χ4v) is 2.91. The van der Waals surface area contributed by atoms with Crippen LogP contribution in [0.15, 0.2) is 40.9 Å². The summed E-state index contributed by atoms with van der Waals surface area (Å²) in [7, 11) is 1.55. The van der Waals surface area contributed by atoms with E-state index in [1.165, 1.54) is 12.1 Å². The van der Waals surface area contributed by atoms with Gasteiger partial charge in [-0.15, -0.1) is 11.6 Å². The van der Waals surface area contributed by atoms with Gasteiger partial charge in [0.15, 0.2) is 0 Å². The molecule has 1 unspecified atom stereocenters.